The summed E-state index contributed by atoms with van der Waals surface area (Å²) < 4.78 is 7.46. The van der Waals surface area contributed by atoms with E-state index in [9.17, 15) is 0 Å². The highest BCUT2D eigenvalue weighted by atomic mass is 16.5. The molecule has 0 atom stereocenters. The number of nitrogens with two attached hydrogens (primary N) is 1. The predicted octanol–water partition coefficient (Wildman–Crippen LogP) is 2.51. The Morgan fingerprint density at radius 3 is 2.85 bits per heavy atom. The van der Waals surface area contributed by atoms with Crippen LogP contribution in [0.1, 0.15) is 5.82 Å². The zero-order valence-corrected chi connectivity index (χ0v) is 11.4. The van der Waals surface area contributed by atoms with Crippen molar-refractivity contribution in [3.63, 3.8) is 0 Å². The molecule has 4 heteroatoms. The first kappa shape index (κ1) is 12.7. The van der Waals surface area contributed by atoms with E-state index in [1.807, 2.05) is 30.5 Å². The summed E-state index contributed by atoms with van der Waals surface area (Å²) in [5, 5.41) is 0. The lowest BCUT2D eigenvalue weighted by molar-refractivity contribution is 0.415. The maximum absolute atomic E-state index is 5.67. The third-order valence-corrected chi connectivity index (χ3v) is 3.36. The summed E-state index contributed by atoms with van der Waals surface area (Å²) in [7, 11) is 1.68. The molecule has 0 saturated heterocycles. The number of rotatable bonds is 4. The normalized spacial score (nSPS) is 10.9. The van der Waals surface area contributed by atoms with Gasteiger partial charge in [0.15, 0.2) is 0 Å². The van der Waals surface area contributed by atoms with Crippen molar-refractivity contribution >= 4 is 5.52 Å². The van der Waals surface area contributed by atoms with Crippen molar-refractivity contribution in [2.45, 2.75) is 6.42 Å². The number of hydrogen-bond acceptors (Lipinski definition) is 3. The average Bonchev–Trinajstić information content (AvgIpc) is 2.91. The van der Waals surface area contributed by atoms with E-state index in [1.165, 1.54) is 0 Å². The van der Waals surface area contributed by atoms with Crippen LogP contribution >= 0.6 is 0 Å². The smallest absolute Gasteiger partial charge is 0.119 e. The minimum Gasteiger partial charge on any atom is -0.497 e. The summed E-state index contributed by atoms with van der Waals surface area (Å²) in [6, 6.07) is 14.2. The highest BCUT2D eigenvalue weighted by Crippen LogP contribution is 2.25. The van der Waals surface area contributed by atoms with Crippen LogP contribution in [-0.4, -0.2) is 23.0 Å². The minimum atomic E-state index is 0.589. The Kier molecular flexibility index (Phi) is 3.39. The van der Waals surface area contributed by atoms with Gasteiger partial charge in [-0.25, -0.2) is 4.98 Å². The summed E-state index contributed by atoms with van der Waals surface area (Å²) in [6.45, 7) is 0.589. The summed E-state index contributed by atoms with van der Waals surface area (Å²) in [4.78, 5) is 4.47. The van der Waals surface area contributed by atoms with Crippen LogP contribution in [0.25, 0.3) is 16.8 Å². The zero-order valence-electron chi connectivity index (χ0n) is 11.4. The van der Waals surface area contributed by atoms with Gasteiger partial charge in [-0.2, -0.15) is 0 Å². The van der Waals surface area contributed by atoms with Gasteiger partial charge < -0.3 is 10.5 Å². The molecule has 2 aromatic heterocycles. The Balaban J connectivity index is 2.21. The molecule has 1 aromatic carbocycles. The molecule has 0 radical (unpaired) electrons. The molecule has 0 fully saturated rings. The van der Waals surface area contributed by atoms with E-state index in [0.717, 1.165) is 34.8 Å². The fourth-order valence-electron chi connectivity index (χ4n) is 2.43. The van der Waals surface area contributed by atoms with Crippen LogP contribution in [0.15, 0.2) is 48.7 Å². The van der Waals surface area contributed by atoms with Crippen LogP contribution in [-0.2, 0) is 6.42 Å². The van der Waals surface area contributed by atoms with Crippen molar-refractivity contribution in [3.8, 4) is 17.0 Å². The molecule has 0 unspecified atom stereocenters. The molecule has 3 rings (SSSR count). The molecule has 2 N–H and O–H groups in total. The number of ether oxygens (including phenoxy) is 1. The van der Waals surface area contributed by atoms with Gasteiger partial charge in [0.05, 0.1) is 24.5 Å². The highest BCUT2D eigenvalue weighted by molar-refractivity contribution is 5.66. The first-order valence-corrected chi connectivity index (χ1v) is 6.63. The molecule has 20 heavy (non-hydrogen) atoms. The van der Waals surface area contributed by atoms with Crippen LogP contribution in [0.4, 0.5) is 0 Å². The Hall–Kier alpha value is -2.33. The summed E-state index contributed by atoms with van der Waals surface area (Å²) in [5.41, 5.74) is 8.95. The van der Waals surface area contributed by atoms with E-state index < -0.39 is 0 Å². The van der Waals surface area contributed by atoms with Crippen LogP contribution in [0, 0.1) is 0 Å². The topological polar surface area (TPSA) is 52.5 Å². The van der Waals surface area contributed by atoms with Gasteiger partial charge in [0.1, 0.15) is 11.6 Å². The van der Waals surface area contributed by atoms with Crippen molar-refractivity contribution < 1.29 is 4.74 Å². The summed E-state index contributed by atoms with van der Waals surface area (Å²) in [6.07, 6.45) is 2.64. The molecule has 0 aliphatic carbocycles. The van der Waals surface area contributed by atoms with E-state index in [4.69, 9.17) is 10.5 Å². The van der Waals surface area contributed by atoms with Gasteiger partial charge in [0, 0.05) is 12.0 Å². The number of imidazole rings is 1. The lowest BCUT2D eigenvalue weighted by Gasteiger charge is -2.10. The maximum Gasteiger partial charge on any atom is 0.119 e. The molecule has 0 aliphatic heterocycles. The van der Waals surface area contributed by atoms with Gasteiger partial charge in [-0.3, -0.25) is 4.40 Å². The molecule has 3 aromatic rings. The summed E-state index contributed by atoms with van der Waals surface area (Å²) >= 11 is 0. The number of nitrogens with zero attached hydrogens (tertiary/aromatic N) is 2. The van der Waals surface area contributed by atoms with E-state index in [2.05, 4.69) is 27.6 Å². The van der Waals surface area contributed by atoms with Crippen molar-refractivity contribution in [1.29, 1.82) is 0 Å². The molecule has 0 amide bonds. The van der Waals surface area contributed by atoms with Crippen molar-refractivity contribution in [2.24, 2.45) is 5.73 Å². The van der Waals surface area contributed by atoms with Crippen LogP contribution < -0.4 is 10.5 Å². The van der Waals surface area contributed by atoms with Gasteiger partial charge in [-0.05, 0) is 30.8 Å². The fourth-order valence-corrected chi connectivity index (χ4v) is 2.43. The van der Waals surface area contributed by atoms with E-state index in [1.54, 1.807) is 7.11 Å². The van der Waals surface area contributed by atoms with Gasteiger partial charge >= 0.3 is 0 Å². The Morgan fingerprint density at radius 2 is 2.05 bits per heavy atom. The molecule has 0 bridgehead atoms. The molecule has 0 saturated carbocycles. The standard InChI is InChI=1S/C16H17N3O/c1-20-14-6-2-4-12(10-14)15-7-3-5-13-11-18-16(8-9-17)19(13)15/h2-7,10-11H,8-9,17H2,1H3. The second-order valence-corrected chi connectivity index (χ2v) is 4.62. The molecule has 102 valence electrons. The predicted molar refractivity (Wildman–Crippen MR) is 79.9 cm³/mol. The summed E-state index contributed by atoms with van der Waals surface area (Å²) in [5.74, 6) is 1.83. The number of benzene rings is 1. The van der Waals surface area contributed by atoms with Crippen molar-refractivity contribution in [3.05, 3.63) is 54.5 Å². The van der Waals surface area contributed by atoms with Gasteiger partial charge in [0.2, 0.25) is 0 Å². The average molecular weight is 267 g/mol. The minimum absolute atomic E-state index is 0.589. The second-order valence-electron chi connectivity index (χ2n) is 4.62. The lowest BCUT2D eigenvalue weighted by Crippen LogP contribution is -2.07. The molecule has 4 nitrogen and oxygen atoms in total. The highest BCUT2D eigenvalue weighted by Gasteiger charge is 2.09. The third-order valence-electron chi connectivity index (χ3n) is 3.36. The van der Waals surface area contributed by atoms with Gasteiger partial charge in [-0.1, -0.05) is 18.2 Å². The first-order chi connectivity index (χ1) is 9.83. The number of hydrogen-bond donors (Lipinski definition) is 1. The molecular formula is C16H17N3O. The molecular weight excluding hydrogens is 250 g/mol. The number of aromatic nitrogens is 2. The number of fused-ring (bicyclic) bond motifs is 1. The molecule has 0 spiro atoms. The molecule has 0 aliphatic rings. The van der Waals surface area contributed by atoms with Crippen molar-refractivity contribution in [1.82, 2.24) is 9.38 Å². The number of methoxy groups -OCH3 is 1. The largest absolute Gasteiger partial charge is 0.497 e. The van der Waals surface area contributed by atoms with Crippen LogP contribution in [0.3, 0.4) is 0 Å². The Bertz CT molecular complexity index is 733. The SMILES string of the molecule is COc1cccc(-c2cccc3cnc(CCN)n23)c1. The first-order valence-electron chi connectivity index (χ1n) is 6.63. The number of pyridine rings is 1. The lowest BCUT2D eigenvalue weighted by atomic mass is 10.1. The maximum atomic E-state index is 5.67. The van der Waals surface area contributed by atoms with Crippen molar-refractivity contribution in [2.75, 3.05) is 13.7 Å². The Morgan fingerprint density at radius 1 is 1.20 bits per heavy atom. The van der Waals surface area contributed by atoms with Crippen LogP contribution in [0.5, 0.6) is 5.75 Å². The Labute approximate surface area is 117 Å². The monoisotopic (exact) mass is 267 g/mol. The van der Waals surface area contributed by atoms with Gasteiger partial charge in [-0.15, -0.1) is 0 Å². The second kappa shape index (κ2) is 5.35. The zero-order chi connectivity index (χ0) is 13.9. The molecule has 2 heterocycles. The van der Waals surface area contributed by atoms with E-state index in [0.29, 0.717) is 6.54 Å². The van der Waals surface area contributed by atoms with E-state index >= 15 is 0 Å². The van der Waals surface area contributed by atoms with Gasteiger partial charge in [0.25, 0.3) is 0 Å². The van der Waals surface area contributed by atoms with E-state index in [-0.39, 0.29) is 0 Å². The quantitative estimate of drug-likeness (QED) is 0.790. The van der Waals surface area contributed by atoms with Crippen LogP contribution in [0.2, 0.25) is 0 Å². The third kappa shape index (κ3) is 2.14. The fraction of sp³-hybridized carbons (Fsp3) is 0.188.